The molecular formula is C11H12N2O2. The lowest BCUT2D eigenvalue weighted by atomic mass is 10.1. The molecule has 0 atom stereocenters. The lowest BCUT2D eigenvalue weighted by Crippen LogP contribution is -2.39. The topological polar surface area (TPSA) is 55.1 Å². The summed E-state index contributed by atoms with van der Waals surface area (Å²) in [5.41, 5.74) is 2.29. The monoisotopic (exact) mass is 204 g/mol. The maximum absolute atomic E-state index is 8.99. The molecule has 1 aliphatic rings. The number of nitrogens with zero attached hydrogens (tertiary/aromatic N) is 2. The molecule has 1 aromatic rings. The van der Waals surface area contributed by atoms with Crippen molar-refractivity contribution in [3.05, 3.63) is 22.9 Å². The summed E-state index contributed by atoms with van der Waals surface area (Å²) in [6, 6.07) is 3.99. The van der Waals surface area contributed by atoms with Gasteiger partial charge in [0.2, 0.25) is 5.88 Å². The molecule has 1 aliphatic heterocycles. The molecule has 0 aromatic carbocycles. The van der Waals surface area contributed by atoms with Crippen molar-refractivity contribution in [1.29, 1.82) is 5.26 Å². The Labute approximate surface area is 88.5 Å². The number of nitriles is 1. The van der Waals surface area contributed by atoms with Crippen LogP contribution in [0.1, 0.15) is 16.8 Å². The van der Waals surface area contributed by atoms with E-state index in [-0.39, 0.29) is 6.10 Å². The second-order valence-electron chi connectivity index (χ2n) is 3.65. The largest absolute Gasteiger partial charge is 0.468 e. The fraction of sp³-hybridized carbons (Fsp3) is 0.455. The molecule has 2 heterocycles. The molecular weight excluding hydrogens is 192 g/mol. The predicted molar refractivity (Wildman–Crippen MR) is 53.7 cm³/mol. The van der Waals surface area contributed by atoms with E-state index in [2.05, 4.69) is 11.1 Å². The van der Waals surface area contributed by atoms with Gasteiger partial charge in [0.1, 0.15) is 17.7 Å². The van der Waals surface area contributed by atoms with Crippen molar-refractivity contribution < 1.29 is 9.47 Å². The summed E-state index contributed by atoms with van der Waals surface area (Å²) >= 11 is 0. The zero-order chi connectivity index (χ0) is 10.8. The zero-order valence-electron chi connectivity index (χ0n) is 8.78. The molecule has 0 bridgehead atoms. The van der Waals surface area contributed by atoms with Crippen LogP contribution in [0.2, 0.25) is 0 Å². The summed E-state index contributed by atoms with van der Waals surface area (Å²) in [5.74, 6) is 0.434. The van der Waals surface area contributed by atoms with Crippen molar-refractivity contribution in [2.24, 2.45) is 0 Å². The quantitative estimate of drug-likeness (QED) is 0.729. The molecule has 0 amide bonds. The summed E-state index contributed by atoms with van der Waals surface area (Å²) in [4.78, 5) is 4.23. The molecule has 2 rings (SSSR count). The summed E-state index contributed by atoms with van der Waals surface area (Å²) in [6.45, 7) is 4.94. The van der Waals surface area contributed by atoms with Crippen LogP contribution in [0.5, 0.6) is 5.88 Å². The van der Waals surface area contributed by atoms with Crippen LogP contribution in [0.3, 0.4) is 0 Å². The number of pyridine rings is 1. The maximum atomic E-state index is 8.99. The van der Waals surface area contributed by atoms with Gasteiger partial charge in [0, 0.05) is 5.69 Å². The molecule has 0 radical (unpaired) electrons. The Morgan fingerprint density at radius 3 is 2.80 bits per heavy atom. The van der Waals surface area contributed by atoms with E-state index in [9.17, 15) is 0 Å². The second kappa shape index (κ2) is 3.87. The first-order chi connectivity index (χ1) is 7.20. The fourth-order valence-electron chi connectivity index (χ4n) is 1.46. The molecule has 4 heteroatoms. The lowest BCUT2D eigenvalue weighted by Gasteiger charge is -2.26. The lowest BCUT2D eigenvalue weighted by molar-refractivity contribution is -0.0815. The maximum Gasteiger partial charge on any atom is 0.232 e. The van der Waals surface area contributed by atoms with E-state index in [1.165, 1.54) is 0 Å². The van der Waals surface area contributed by atoms with E-state index in [4.69, 9.17) is 14.7 Å². The predicted octanol–water partition coefficient (Wildman–Crippen LogP) is 1.35. The molecule has 0 aliphatic carbocycles. The minimum absolute atomic E-state index is 0.0470. The number of aryl methyl sites for hydroxylation is 2. The first-order valence-corrected chi connectivity index (χ1v) is 4.83. The summed E-state index contributed by atoms with van der Waals surface area (Å²) < 4.78 is 10.6. The average Bonchev–Trinajstić information content (AvgIpc) is 2.10. The van der Waals surface area contributed by atoms with E-state index in [0.717, 1.165) is 11.3 Å². The molecule has 1 fully saturated rings. The molecule has 4 nitrogen and oxygen atoms in total. The normalized spacial score (nSPS) is 15.5. The van der Waals surface area contributed by atoms with Gasteiger partial charge in [0.05, 0.1) is 13.2 Å². The second-order valence-corrected chi connectivity index (χ2v) is 3.65. The van der Waals surface area contributed by atoms with Crippen LogP contribution in [0.4, 0.5) is 0 Å². The molecule has 0 spiro atoms. The van der Waals surface area contributed by atoms with Crippen LogP contribution in [0.15, 0.2) is 6.07 Å². The molecule has 0 N–H and O–H groups in total. The van der Waals surface area contributed by atoms with E-state index in [1.54, 1.807) is 0 Å². The zero-order valence-corrected chi connectivity index (χ0v) is 8.78. The van der Waals surface area contributed by atoms with Crippen LogP contribution >= 0.6 is 0 Å². The number of rotatable bonds is 2. The van der Waals surface area contributed by atoms with Gasteiger partial charge < -0.3 is 9.47 Å². The average molecular weight is 204 g/mol. The van der Waals surface area contributed by atoms with Gasteiger partial charge in [-0.15, -0.1) is 0 Å². The Morgan fingerprint density at radius 1 is 1.53 bits per heavy atom. The third kappa shape index (κ3) is 1.92. The smallest absolute Gasteiger partial charge is 0.232 e. The Kier molecular flexibility index (Phi) is 2.57. The van der Waals surface area contributed by atoms with Crippen molar-refractivity contribution in [3.63, 3.8) is 0 Å². The fourth-order valence-corrected chi connectivity index (χ4v) is 1.46. The van der Waals surface area contributed by atoms with Gasteiger partial charge >= 0.3 is 0 Å². The van der Waals surface area contributed by atoms with Gasteiger partial charge in [-0.25, -0.2) is 4.98 Å². The number of hydrogen-bond acceptors (Lipinski definition) is 4. The highest BCUT2D eigenvalue weighted by molar-refractivity contribution is 5.45. The Bertz CT molecular complexity index is 419. The van der Waals surface area contributed by atoms with Crippen molar-refractivity contribution in [2.75, 3.05) is 13.2 Å². The van der Waals surface area contributed by atoms with Crippen molar-refractivity contribution in [1.82, 2.24) is 4.98 Å². The number of hydrogen-bond donors (Lipinski definition) is 0. The first-order valence-electron chi connectivity index (χ1n) is 4.83. The summed E-state index contributed by atoms with van der Waals surface area (Å²) in [7, 11) is 0. The standard InChI is InChI=1S/C11H12N2O2/c1-7-3-8(2)13-11(10(7)4-12)15-9-5-14-6-9/h3,9H,5-6H2,1-2H3. The Morgan fingerprint density at radius 2 is 2.27 bits per heavy atom. The minimum atomic E-state index is 0.0470. The molecule has 15 heavy (non-hydrogen) atoms. The van der Waals surface area contributed by atoms with Gasteiger partial charge in [-0.1, -0.05) is 0 Å². The van der Waals surface area contributed by atoms with Crippen LogP contribution in [-0.2, 0) is 4.74 Å². The van der Waals surface area contributed by atoms with Gasteiger partial charge in [-0.2, -0.15) is 5.26 Å². The highest BCUT2D eigenvalue weighted by Gasteiger charge is 2.22. The van der Waals surface area contributed by atoms with Gasteiger partial charge in [-0.05, 0) is 25.5 Å². The third-order valence-corrected chi connectivity index (χ3v) is 2.31. The number of ether oxygens (including phenoxy) is 2. The van der Waals surface area contributed by atoms with Crippen LogP contribution < -0.4 is 4.74 Å². The van der Waals surface area contributed by atoms with E-state index in [0.29, 0.717) is 24.7 Å². The summed E-state index contributed by atoms with van der Waals surface area (Å²) in [6.07, 6.45) is 0.0470. The van der Waals surface area contributed by atoms with Gasteiger partial charge in [0.25, 0.3) is 0 Å². The van der Waals surface area contributed by atoms with Crippen LogP contribution in [0, 0.1) is 25.2 Å². The Balaban J connectivity index is 2.31. The van der Waals surface area contributed by atoms with Crippen molar-refractivity contribution >= 4 is 0 Å². The molecule has 1 aromatic heterocycles. The highest BCUT2D eigenvalue weighted by Crippen LogP contribution is 2.22. The highest BCUT2D eigenvalue weighted by atomic mass is 16.6. The first kappa shape index (κ1) is 9.94. The minimum Gasteiger partial charge on any atom is -0.468 e. The summed E-state index contributed by atoms with van der Waals surface area (Å²) in [5, 5.41) is 8.99. The molecule has 0 unspecified atom stereocenters. The van der Waals surface area contributed by atoms with Crippen LogP contribution in [0.25, 0.3) is 0 Å². The SMILES string of the molecule is Cc1cc(C)c(C#N)c(OC2COC2)n1. The molecule has 0 saturated carbocycles. The van der Waals surface area contributed by atoms with Gasteiger partial charge in [0.15, 0.2) is 0 Å². The number of aromatic nitrogens is 1. The third-order valence-electron chi connectivity index (χ3n) is 2.31. The van der Waals surface area contributed by atoms with Crippen molar-refractivity contribution in [2.45, 2.75) is 20.0 Å². The molecule has 78 valence electrons. The van der Waals surface area contributed by atoms with Gasteiger partial charge in [-0.3, -0.25) is 0 Å². The van der Waals surface area contributed by atoms with Crippen molar-refractivity contribution in [3.8, 4) is 11.9 Å². The molecule has 1 saturated heterocycles. The van der Waals surface area contributed by atoms with E-state index in [1.807, 2.05) is 19.9 Å². The van der Waals surface area contributed by atoms with E-state index < -0.39 is 0 Å². The van der Waals surface area contributed by atoms with E-state index >= 15 is 0 Å². The Hall–Kier alpha value is -1.60. The van der Waals surface area contributed by atoms with Crippen LogP contribution in [-0.4, -0.2) is 24.3 Å².